The second kappa shape index (κ2) is 9.58. The summed E-state index contributed by atoms with van der Waals surface area (Å²) in [5, 5.41) is 3.37. The fourth-order valence-electron chi connectivity index (χ4n) is 5.34. The minimum atomic E-state index is -0.350. The van der Waals surface area contributed by atoms with Gasteiger partial charge in [-0.15, -0.1) is 0 Å². The largest absolute Gasteiger partial charge is 0.381 e. The molecule has 3 heterocycles. The molecular formula is C27H32N4O3. The molecule has 3 aromatic rings. The minimum absolute atomic E-state index is 0.0438. The first kappa shape index (κ1) is 22.6. The van der Waals surface area contributed by atoms with Crippen molar-refractivity contribution in [1.82, 2.24) is 20.2 Å². The molecule has 2 fully saturated rings. The van der Waals surface area contributed by atoms with Crippen LogP contribution in [-0.4, -0.2) is 53.0 Å². The van der Waals surface area contributed by atoms with Gasteiger partial charge >= 0.3 is 0 Å². The molecule has 0 unspecified atom stereocenters. The number of ether oxygens (including phenoxy) is 1. The molecule has 0 aliphatic carbocycles. The Kier molecular flexibility index (Phi) is 6.37. The number of aromatic amines is 1. The summed E-state index contributed by atoms with van der Waals surface area (Å²) in [5.41, 5.74) is 3.23. The highest BCUT2D eigenvalue weighted by atomic mass is 16.5. The highest BCUT2D eigenvalue weighted by molar-refractivity contribution is 5.97. The van der Waals surface area contributed by atoms with Crippen molar-refractivity contribution in [2.24, 2.45) is 5.92 Å². The minimum Gasteiger partial charge on any atom is -0.381 e. The van der Waals surface area contributed by atoms with Crippen LogP contribution in [0.2, 0.25) is 0 Å². The Labute approximate surface area is 199 Å². The first-order valence-corrected chi connectivity index (χ1v) is 12.2. The van der Waals surface area contributed by atoms with Crippen molar-refractivity contribution in [3.8, 4) is 0 Å². The van der Waals surface area contributed by atoms with Crippen LogP contribution in [0.3, 0.4) is 0 Å². The number of aryl methyl sites for hydroxylation is 1. The van der Waals surface area contributed by atoms with Gasteiger partial charge in [-0.3, -0.25) is 9.59 Å². The number of rotatable bonds is 5. The quantitative estimate of drug-likeness (QED) is 0.604. The Morgan fingerprint density at radius 3 is 2.59 bits per heavy atom. The summed E-state index contributed by atoms with van der Waals surface area (Å²) in [6, 6.07) is 15.9. The van der Waals surface area contributed by atoms with Gasteiger partial charge in [0.05, 0.1) is 16.6 Å². The van der Waals surface area contributed by atoms with Gasteiger partial charge in [0.2, 0.25) is 5.91 Å². The summed E-state index contributed by atoms with van der Waals surface area (Å²) in [4.78, 5) is 35.6. The first-order chi connectivity index (χ1) is 16.5. The van der Waals surface area contributed by atoms with Gasteiger partial charge in [0.1, 0.15) is 5.82 Å². The summed E-state index contributed by atoms with van der Waals surface area (Å²) < 4.78 is 5.58. The summed E-state index contributed by atoms with van der Waals surface area (Å²) in [6.07, 6.45) is 3.75. The zero-order valence-electron chi connectivity index (χ0n) is 19.7. The van der Waals surface area contributed by atoms with Gasteiger partial charge in [-0.05, 0) is 62.3 Å². The molecular weight excluding hydrogens is 428 g/mol. The van der Waals surface area contributed by atoms with Crippen LogP contribution in [-0.2, 0) is 15.1 Å². The monoisotopic (exact) mass is 460 g/mol. The van der Waals surface area contributed by atoms with Crippen LogP contribution < -0.4 is 5.32 Å². The molecule has 34 heavy (non-hydrogen) atoms. The molecule has 7 nitrogen and oxygen atoms in total. The average Bonchev–Trinajstić information content (AvgIpc) is 3.24. The van der Waals surface area contributed by atoms with Gasteiger partial charge < -0.3 is 19.9 Å². The van der Waals surface area contributed by atoms with Crippen molar-refractivity contribution in [2.45, 2.75) is 44.6 Å². The lowest BCUT2D eigenvalue weighted by Crippen LogP contribution is -2.50. The van der Waals surface area contributed by atoms with Crippen LogP contribution in [0.4, 0.5) is 0 Å². The van der Waals surface area contributed by atoms with E-state index in [1.165, 1.54) is 0 Å². The summed E-state index contributed by atoms with van der Waals surface area (Å²) in [7, 11) is 0. The molecule has 0 saturated carbocycles. The van der Waals surface area contributed by atoms with E-state index >= 15 is 0 Å². The predicted molar refractivity (Wildman–Crippen MR) is 130 cm³/mol. The van der Waals surface area contributed by atoms with E-state index in [1.807, 2.05) is 48.2 Å². The van der Waals surface area contributed by atoms with Crippen molar-refractivity contribution in [2.75, 3.05) is 26.3 Å². The highest BCUT2D eigenvalue weighted by Crippen LogP contribution is 2.33. The lowest BCUT2D eigenvalue weighted by molar-refractivity contribution is -0.125. The molecule has 2 saturated heterocycles. The molecule has 1 aromatic heterocycles. The number of aromatic nitrogens is 2. The van der Waals surface area contributed by atoms with Gasteiger partial charge in [-0.1, -0.05) is 30.3 Å². The average molecular weight is 461 g/mol. The van der Waals surface area contributed by atoms with Gasteiger partial charge in [0, 0.05) is 38.3 Å². The van der Waals surface area contributed by atoms with Crippen molar-refractivity contribution in [3.63, 3.8) is 0 Å². The lowest BCUT2D eigenvalue weighted by atomic mass is 9.82. The Morgan fingerprint density at radius 2 is 1.85 bits per heavy atom. The Hall–Kier alpha value is -3.19. The number of likely N-dealkylation sites (tertiary alicyclic amines) is 1. The molecule has 0 spiro atoms. The lowest BCUT2D eigenvalue weighted by Gasteiger charge is -2.39. The van der Waals surface area contributed by atoms with Gasteiger partial charge in [-0.2, -0.15) is 0 Å². The number of nitrogens with zero attached hydrogens (tertiary/aromatic N) is 2. The summed E-state index contributed by atoms with van der Waals surface area (Å²) in [6.45, 7) is 4.56. The molecule has 2 aliphatic rings. The highest BCUT2D eigenvalue weighted by Gasteiger charge is 2.36. The van der Waals surface area contributed by atoms with Gasteiger partial charge in [-0.25, -0.2) is 4.98 Å². The Bertz CT molecular complexity index is 1160. The number of fused-ring (bicyclic) bond motifs is 1. The first-order valence-electron chi connectivity index (χ1n) is 12.2. The number of hydrogen-bond acceptors (Lipinski definition) is 4. The smallest absolute Gasteiger partial charge is 0.253 e. The van der Waals surface area contributed by atoms with E-state index in [-0.39, 0.29) is 23.3 Å². The second-order valence-electron chi connectivity index (χ2n) is 9.60. The number of imidazole rings is 1. The molecule has 0 bridgehead atoms. The molecule has 178 valence electrons. The number of nitrogens with one attached hydrogen (secondary N) is 2. The van der Waals surface area contributed by atoms with Crippen molar-refractivity contribution < 1.29 is 14.3 Å². The molecule has 2 aliphatic heterocycles. The number of amides is 2. The maximum Gasteiger partial charge on any atom is 0.253 e. The molecule has 0 atom stereocenters. The molecule has 5 rings (SSSR count). The maximum atomic E-state index is 13.1. The zero-order valence-corrected chi connectivity index (χ0v) is 19.7. The van der Waals surface area contributed by atoms with Crippen LogP contribution in [0.25, 0.3) is 11.0 Å². The zero-order chi connectivity index (χ0) is 23.5. The summed E-state index contributed by atoms with van der Waals surface area (Å²) in [5.74, 6) is 1.26. The third-order valence-corrected chi connectivity index (χ3v) is 7.27. The molecule has 2 aromatic carbocycles. The topological polar surface area (TPSA) is 87.3 Å². The predicted octanol–water partition coefficient (Wildman–Crippen LogP) is 3.94. The number of benzene rings is 2. The maximum absolute atomic E-state index is 13.1. The van der Waals surface area contributed by atoms with Crippen LogP contribution in [0, 0.1) is 12.8 Å². The standard InChI is InChI=1S/C27H32N4O3/c1-19-28-23-8-7-21(18-24(23)29-19)26(33)31-13-9-20(10-14-31)17-25(32)30-27(11-15-34-16-12-27)22-5-3-2-4-6-22/h2-8,18,20H,9-17H2,1H3,(H,28,29)(H,30,32). The van der Waals surface area contributed by atoms with E-state index < -0.39 is 0 Å². The van der Waals surface area contributed by atoms with E-state index in [9.17, 15) is 9.59 Å². The normalized spacial score (nSPS) is 18.7. The van der Waals surface area contributed by atoms with E-state index in [0.29, 0.717) is 38.3 Å². The van der Waals surface area contributed by atoms with Gasteiger partial charge in [0.25, 0.3) is 5.91 Å². The van der Waals surface area contributed by atoms with Crippen molar-refractivity contribution in [1.29, 1.82) is 0 Å². The molecule has 2 amide bonds. The van der Waals surface area contributed by atoms with Gasteiger partial charge in [0.15, 0.2) is 0 Å². The van der Waals surface area contributed by atoms with Crippen LogP contribution in [0.1, 0.15) is 53.8 Å². The van der Waals surface area contributed by atoms with E-state index in [4.69, 9.17) is 4.74 Å². The van der Waals surface area contributed by atoms with Crippen molar-refractivity contribution >= 4 is 22.8 Å². The third kappa shape index (κ3) is 4.71. The van der Waals surface area contributed by atoms with Crippen LogP contribution >= 0.6 is 0 Å². The van der Waals surface area contributed by atoms with E-state index in [1.54, 1.807) is 0 Å². The Balaban J connectivity index is 1.17. The number of H-pyrrole nitrogens is 1. The third-order valence-electron chi connectivity index (χ3n) is 7.27. The van der Waals surface area contributed by atoms with E-state index in [0.717, 1.165) is 48.1 Å². The van der Waals surface area contributed by atoms with E-state index in [2.05, 4.69) is 27.4 Å². The molecule has 0 radical (unpaired) electrons. The number of carbonyl (C=O) groups is 2. The summed E-state index contributed by atoms with van der Waals surface area (Å²) >= 11 is 0. The van der Waals surface area contributed by atoms with Crippen LogP contribution in [0.5, 0.6) is 0 Å². The molecule has 7 heteroatoms. The SMILES string of the molecule is Cc1nc2ccc(C(=O)N3CCC(CC(=O)NC4(c5ccccc5)CCOCC4)CC3)cc2[nH]1. The number of carbonyl (C=O) groups excluding carboxylic acids is 2. The fraction of sp³-hybridized carbons (Fsp3) is 0.444. The van der Waals surface area contributed by atoms with Crippen LogP contribution in [0.15, 0.2) is 48.5 Å². The fourth-order valence-corrected chi connectivity index (χ4v) is 5.34. The number of piperidine rings is 1. The Morgan fingerprint density at radius 1 is 1.12 bits per heavy atom. The van der Waals surface area contributed by atoms with Crippen molar-refractivity contribution in [3.05, 3.63) is 65.5 Å². The molecule has 2 N–H and O–H groups in total. The second-order valence-corrected chi connectivity index (χ2v) is 9.60. The number of hydrogen-bond donors (Lipinski definition) is 2.